The summed E-state index contributed by atoms with van der Waals surface area (Å²) in [5.41, 5.74) is 5.51. The van der Waals surface area contributed by atoms with Crippen LogP contribution in [0, 0.1) is 0 Å². The quantitative estimate of drug-likeness (QED) is 0.324. The van der Waals surface area contributed by atoms with Gasteiger partial charge >= 0.3 is 0 Å². The first-order valence-electron chi connectivity index (χ1n) is 6.56. The highest BCUT2D eigenvalue weighted by atomic mass is 16.4. The van der Waals surface area contributed by atoms with Crippen molar-refractivity contribution in [1.29, 1.82) is 0 Å². The first kappa shape index (κ1) is 13.6. The zero-order valence-corrected chi connectivity index (χ0v) is 10.9. The van der Waals surface area contributed by atoms with Crippen molar-refractivity contribution in [1.82, 2.24) is 9.47 Å². The standard InChI is InChI=1S/C13H20N4O2/c14-12(15-19)6-8-16(11-4-5-11)9-10-17-7-2-1-3-13(17)18/h1-3,7,11,19H,4-6,8-10H2,(H2,14,15). The second-order valence-electron chi connectivity index (χ2n) is 4.84. The minimum absolute atomic E-state index is 0.0229. The van der Waals surface area contributed by atoms with Gasteiger partial charge in [-0.3, -0.25) is 9.69 Å². The minimum Gasteiger partial charge on any atom is -0.409 e. The smallest absolute Gasteiger partial charge is 0.250 e. The van der Waals surface area contributed by atoms with E-state index >= 15 is 0 Å². The molecule has 0 saturated heterocycles. The predicted octanol–water partition coefficient (Wildman–Crippen LogP) is 0.449. The Labute approximate surface area is 112 Å². The average molecular weight is 264 g/mol. The fourth-order valence-electron chi connectivity index (χ4n) is 2.11. The lowest BCUT2D eigenvalue weighted by Crippen LogP contribution is -2.34. The Morgan fingerprint density at radius 1 is 1.47 bits per heavy atom. The van der Waals surface area contributed by atoms with Crippen molar-refractivity contribution in [3.63, 3.8) is 0 Å². The maximum absolute atomic E-state index is 11.6. The lowest BCUT2D eigenvalue weighted by atomic mass is 10.3. The van der Waals surface area contributed by atoms with Gasteiger partial charge in [-0.1, -0.05) is 11.2 Å². The molecule has 0 radical (unpaired) electrons. The van der Waals surface area contributed by atoms with Crippen LogP contribution in [-0.4, -0.2) is 39.6 Å². The summed E-state index contributed by atoms with van der Waals surface area (Å²) in [6, 6.07) is 5.76. The van der Waals surface area contributed by atoms with Crippen LogP contribution in [0.2, 0.25) is 0 Å². The van der Waals surface area contributed by atoms with Gasteiger partial charge in [0, 0.05) is 44.4 Å². The second-order valence-corrected chi connectivity index (χ2v) is 4.84. The fourth-order valence-corrected chi connectivity index (χ4v) is 2.11. The normalized spacial score (nSPS) is 15.9. The third kappa shape index (κ3) is 4.10. The molecule has 0 bridgehead atoms. The highest BCUT2D eigenvalue weighted by Gasteiger charge is 2.28. The van der Waals surface area contributed by atoms with E-state index in [2.05, 4.69) is 10.1 Å². The molecule has 0 amide bonds. The van der Waals surface area contributed by atoms with E-state index in [-0.39, 0.29) is 11.4 Å². The van der Waals surface area contributed by atoms with Crippen LogP contribution in [0.1, 0.15) is 19.3 Å². The number of hydrogen-bond donors (Lipinski definition) is 2. The van der Waals surface area contributed by atoms with Gasteiger partial charge in [-0.2, -0.15) is 0 Å². The van der Waals surface area contributed by atoms with Crippen LogP contribution in [0.4, 0.5) is 0 Å². The van der Waals surface area contributed by atoms with Crippen LogP contribution in [0.5, 0.6) is 0 Å². The Balaban J connectivity index is 1.87. The summed E-state index contributed by atoms with van der Waals surface area (Å²) >= 11 is 0. The Bertz CT molecular complexity index is 493. The topological polar surface area (TPSA) is 83.8 Å². The van der Waals surface area contributed by atoms with Crippen LogP contribution >= 0.6 is 0 Å². The van der Waals surface area contributed by atoms with Gasteiger partial charge in [-0.15, -0.1) is 0 Å². The van der Waals surface area contributed by atoms with Crippen LogP contribution < -0.4 is 11.3 Å². The van der Waals surface area contributed by atoms with Gasteiger partial charge in [0.25, 0.3) is 5.56 Å². The summed E-state index contributed by atoms with van der Waals surface area (Å²) in [6.45, 7) is 2.25. The van der Waals surface area contributed by atoms with Gasteiger partial charge in [0.1, 0.15) is 5.84 Å². The number of rotatable bonds is 7. The van der Waals surface area contributed by atoms with E-state index in [9.17, 15) is 4.79 Å². The Kier molecular flexibility index (Phi) is 4.57. The first-order valence-corrected chi connectivity index (χ1v) is 6.56. The monoisotopic (exact) mass is 264 g/mol. The van der Waals surface area contributed by atoms with Gasteiger partial charge in [-0.05, 0) is 18.9 Å². The third-order valence-electron chi connectivity index (χ3n) is 3.37. The van der Waals surface area contributed by atoms with E-state index in [0.717, 1.165) is 13.1 Å². The lowest BCUT2D eigenvalue weighted by molar-refractivity contribution is 0.256. The van der Waals surface area contributed by atoms with E-state index in [1.807, 2.05) is 6.07 Å². The van der Waals surface area contributed by atoms with Gasteiger partial charge in [0.15, 0.2) is 0 Å². The second kappa shape index (κ2) is 6.38. The van der Waals surface area contributed by atoms with Crippen molar-refractivity contribution >= 4 is 5.84 Å². The average Bonchev–Trinajstić information content (AvgIpc) is 3.24. The molecule has 1 aliphatic rings. The van der Waals surface area contributed by atoms with Gasteiger partial charge in [0.05, 0.1) is 0 Å². The number of oxime groups is 1. The molecule has 3 N–H and O–H groups in total. The van der Waals surface area contributed by atoms with E-state index in [4.69, 9.17) is 10.9 Å². The number of nitrogens with two attached hydrogens (primary N) is 1. The molecule has 6 heteroatoms. The van der Waals surface area contributed by atoms with Crippen LogP contribution in [-0.2, 0) is 6.54 Å². The molecule has 1 aromatic heterocycles. The molecule has 0 unspecified atom stereocenters. The van der Waals surface area contributed by atoms with Gasteiger partial charge in [0.2, 0.25) is 0 Å². The highest BCUT2D eigenvalue weighted by Crippen LogP contribution is 2.26. The zero-order valence-electron chi connectivity index (χ0n) is 10.9. The largest absolute Gasteiger partial charge is 0.409 e. The molecule has 0 spiro atoms. The maximum atomic E-state index is 11.6. The van der Waals surface area contributed by atoms with Crippen LogP contribution in [0.3, 0.4) is 0 Å². The molecule has 1 saturated carbocycles. The van der Waals surface area contributed by atoms with Crippen LogP contribution in [0.25, 0.3) is 0 Å². The summed E-state index contributed by atoms with van der Waals surface area (Å²) in [7, 11) is 0. The van der Waals surface area contributed by atoms with Crippen molar-refractivity contribution < 1.29 is 5.21 Å². The predicted molar refractivity (Wildman–Crippen MR) is 73.3 cm³/mol. The number of hydrogen-bond acceptors (Lipinski definition) is 4. The first-order chi connectivity index (χ1) is 9.20. The van der Waals surface area contributed by atoms with Crippen molar-refractivity contribution in [3.05, 3.63) is 34.7 Å². The van der Waals surface area contributed by atoms with E-state index in [0.29, 0.717) is 19.0 Å². The van der Waals surface area contributed by atoms with Crippen LogP contribution in [0.15, 0.2) is 34.3 Å². The number of pyridine rings is 1. The molecule has 1 fully saturated rings. The fraction of sp³-hybridized carbons (Fsp3) is 0.538. The molecule has 0 aliphatic heterocycles. The number of aromatic nitrogens is 1. The Morgan fingerprint density at radius 3 is 2.89 bits per heavy atom. The molecule has 1 aliphatic carbocycles. The summed E-state index contributed by atoms with van der Waals surface area (Å²) in [4.78, 5) is 13.9. The SMILES string of the molecule is N/C(CCN(CCn1ccccc1=O)C1CC1)=N/O. The maximum Gasteiger partial charge on any atom is 0.250 e. The van der Waals surface area contributed by atoms with Crippen molar-refractivity contribution in [2.75, 3.05) is 13.1 Å². The minimum atomic E-state index is 0.0229. The highest BCUT2D eigenvalue weighted by molar-refractivity contribution is 5.79. The molecule has 19 heavy (non-hydrogen) atoms. The van der Waals surface area contributed by atoms with Gasteiger partial charge < -0.3 is 15.5 Å². The summed E-state index contributed by atoms with van der Waals surface area (Å²) in [6.07, 6.45) is 4.74. The van der Waals surface area contributed by atoms with E-state index in [1.165, 1.54) is 12.8 Å². The molecule has 104 valence electrons. The molecule has 6 nitrogen and oxygen atoms in total. The van der Waals surface area contributed by atoms with Crippen molar-refractivity contribution in [2.45, 2.75) is 31.8 Å². The molecular weight excluding hydrogens is 244 g/mol. The number of amidine groups is 1. The molecule has 1 heterocycles. The van der Waals surface area contributed by atoms with Gasteiger partial charge in [-0.25, -0.2) is 0 Å². The van der Waals surface area contributed by atoms with Crippen molar-refractivity contribution in [3.8, 4) is 0 Å². The van der Waals surface area contributed by atoms with Crippen molar-refractivity contribution in [2.24, 2.45) is 10.9 Å². The molecular formula is C13H20N4O2. The third-order valence-corrected chi connectivity index (χ3v) is 3.37. The molecule has 1 aromatic rings. The van der Waals surface area contributed by atoms with E-state index < -0.39 is 0 Å². The molecule has 0 atom stereocenters. The summed E-state index contributed by atoms with van der Waals surface area (Å²) in [5.74, 6) is 0.252. The lowest BCUT2D eigenvalue weighted by Gasteiger charge is -2.21. The number of nitrogens with zero attached hydrogens (tertiary/aromatic N) is 3. The molecule has 2 rings (SSSR count). The Hall–Kier alpha value is -1.82. The summed E-state index contributed by atoms with van der Waals surface area (Å²) in [5, 5.41) is 11.5. The van der Waals surface area contributed by atoms with E-state index in [1.54, 1.807) is 22.9 Å². The molecule has 0 aromatic carbocycles. The summed E-state index contributed by atoms with van der Waals surface area (Å²) < 4.78 is 1.71. The zero-order chi connectivity index (χ0) is 13.7. The Morgan fingerprint density at radius 2 is 2.26 bits per heavy atom.